The molecular weight excluding hydrogens is 405 g/mol. The van der Waals surface area contributed by atoms with Gasteiger partial charge in [-0.05, 0) is 37.2 Å². The Morgan fingerprint density at radius 1 is 1.44 bits per heavy atom. The number of carbonyl (C=O) groups excluding carboxylic acids is 1. The van der Waals surface area contributed by atoms with Gasteiger partial charge in [0.25, 0.3) is 5.91 Å². The van der Waals surface area contributed by atoms with Crippen LogP contribution in [0.2, 0.25) is 5.02 Å². The number of hydrogen-bond donors (Lipinski definition) is 2. The maximum atomic E-state index is 12.3. The van der Waals surface area contributed by atoms with Crippen LogP contribution in [0.4, 0.5) is 0 Å². The van der Waals surface area contributed by atoms with Crippen molar-refractivity contribution >= 4 is 54.1 Å². The molecule has 1 aliphatic rings. The Labute approximate surface area is 168 Å². The molecule has 1 fully saturated rings. The minimum atomic E-state index is -0.137. The average Bonchev–Trinajstić information content (AvgIpc) is 2.95. The molecule has 0 aliphatic carbocycles. The van der Waals surface area contributed by atoms with Gasteiger partial charge in [-0.15, -0.1) is 24.8 Å². The molecule has 2 aromatic rings. The number of rotatable bonds is 4. The molecule has 1 aliphatic heterocycles. The van der Waals surface area contributed by atoms with Crippen LogP contribution < -0.4 is 10.6 Å². The number of halogens is 3. The van der Waals surface area contributed by atoms with Crippen LogP contribution in [-0.2, 0) is 7.05 Å². The Hall–Kier alpha value is -0.990. The Morgan fingerprint density at radius 2 is 2.24 bits per heavy atom. The summed E-state index contributed by atoms with van der Waals surface area (Å²) in [5, 5.41) is 8.17. The first-order valence-electron chi connectivity index (χ1n) is 7.46. The predicted molar refractivity (Wildman–Crippen MR) is 104 cm³/mol. The van der Waals surface area contributed by atoms with Crippen molar-refractivity contribution < 1.29 is 4.79 Å². The zero-order chi connectivity index (χ0) is 16.2. The molecular formula is C15H20Cl3N5OS. The van der Waals surface area contributed by atoms with E-state index in [2.05, 4.69) is 20.6 Å². The third kappa shape index (κ3) is 5.76. The van der Waals surface area contributed by atoms with Crippen molar-refractivity contribution in [3.8, 4) is 0 Å². The molecule has 2 N–H and O–H groups in total. The summed E-state index contributed by atoms with van der Waals surface area (Å²) in [6.45, 7) is 1.82. The molecule has 3 heterocycles. The van der Waals surface area contributed by atoms with Crippen LogP contribution in [-0.4, -0.2) is 39.6 Å². The maximum absolute atomic E-state index is 12.3. The standard InChI is InChI=1S/C15H18ClN5OS.2ClH/c1-21-6-5-18-15(21)23-14-12(16)7-10(8-19-14)13(22)20-11-3-2-4-17-9-11;;/h5-8,11,17H,2-4,9H2,1H3,(H,20,22);2*1H/t11-;;/m0../s1. The van der Waals surface area contributed by atoms with Gasteiger partial charge in [0.2, 0.25) is 0 Å². The number of imidazole rings is 1. The van der Waals surface area contributed by atoms with E-state index in [1.165, 1.54) is 11.8 Å². The van der Waals surface area contributed by atoms with Crippen LogP contribution in [0.5, 0.6) is 0 Å². The van der Waals surface area contributed by atoms with Crippen molar-refractivity contribution in [2.24, 2.45) is 7.05 Å². The third-order valence-corrected chi connectivity index (χ3v) is 5.16. The lowest BCUT2D eigenvalue weighted by Crippen LogP contribution is -2.45. The fourth-order valence-electron chi connectivity index (χ4n) is 2.41. The highest BCUT2D eigenvalue weighted by atomic mass is 35.5. The Bertz CT molecular complexity index is 706. The fraction of sp³-hybridized carbons (Fsp3) is 0.400. The van der Waals surface area contributed by atoms with Gasteiger partial charge in [-0.2, -0.15) is 0 Å². The minimum Gasteiger partial charge on any atom is -0.348 e. The Morgan fingerprint density at radius 3 is 2.84 bits per heavy atom. The van der Waals surface area contributed by atoms with Crippen LogP contribution >= 0.6 is 48.2 Å². The van der Waals surface area contributed by atoms with E-state index in [0.717, 1.165) is 31.1 Å². The van der Waals surface area contributed by atoms with E-state index in [-0.39, 0.29) is 36.8 Å². The van der Waals surface area contributed by atoms with Crippen molar-refractivity contribution in [1.82, 2.24) is 25.2 Å². The normalized spacial score (nSPS) is 16.5. The van der Waals surface area contributed by atoms with Crippen LogP contribution in [0.15, 0.2) is 34.8 Å². The first kappa shape index (κ1) is 22.1. The van der Waals surface area contributed by atoms with E-state index in [0.29, 0.717) is 15.6 Å². The third-order valence-electron chi connectivity index (χ3n) is 3.67. The first-order chi connectivity index (χ1) is 11.1. The zero-order valence-electron chi connectivity index (χ0n) is 13.6. The number of nitrogens with one attached hydrogen (secondary N) is 2. The second kappa shape index (κ2) is 10.2. The molecule has 1 amide bonds. The van der Waals surface area contributed by atoms with Crippen molar-refractivity contribution in [3.63, 3.8) is 0 Å². The topological polar surface area (TPSA) is 71.8 Å². The number of carbonyl (C=O) groups is 1. The highest BCUT2D eigenvalue weighted by Crippen LogP contribution is 2.30. The summed E-state index contributed by atoms with van der Waals surface area (Å²) in [5.41, 5.74) is 0.477. The van der Waals surface area contributed by atoms with Gasteiger partial charge < -0.3 is 15.2 Å². The lowest BCUT2D eigenvalue weighted by molar-refractivity contribution is 0.0930. The fourth-order valence-corrected chi connectivity index (χ4v) is 3.44. The predicted octanol–water partition coefficient (Wildman–Crippen LogP) is 2.95. The molecule has 0 saturated carbocycles. The monoisotopic (exact) mass is 423 g/mol. The molecule has 3 rings (SSSR count). The van der Waals surface area contributed by atoms with E-state index < -0.39 is 0 Å². The Kier molecular flexibility index (Phi) is 9.02. The van der Waals surface area contributed by atoms with Crippen LogP contribution in [0.1, 0.15) is 23.2 Å². The lowest BCUT2D eigenvalue weighted by atomic mass is 10.1. The second-order valence-corrected chi connectivity index (χ2v) is 6.81. The highest BCUT2D eigenvalue weighted by molar-refractivity contribution is 7.99. The number of pyridine rings is 1. The van der Waals surface area contributed by atoms with Gasteiger partial charge in [0.1, 0.15) is 5.03 Å². The van der Waals surface area contributed by atoms with Gasteiger partial charge in [-0.1, -0.05) is 11.6 Å². The number of nitrogens with zero attached hydrogens (tertiary/aromatic N) is 3. The SMILES string of the molecule is Cl.Cl.Cn1ccnc1Sc1ncc(C(=O)N[C@H]2CCCNC2)cc1Cl. The smallest absolute Gasteiger partial charge is 0.253 e. The summed E-state index contributed by atoms with van der Waals surface area (Å²) in [6.07, 6.45) is 7.20. The van der Waals surface area contributed by atoms with Crippen LogP contribution in [0.25, 0.3) is 0 Å². The van der Waals surface area contributed by atoms with E-state index in [1.54, 1.807) is 18.5 Å². The number of piperidine rings is 1. The molecule has 25 heavy (non-hydrogen) atoms. The van der Waals surface area contributed by atoms with E-state index >= 15 is 0 Å². The van der Waals surface area contributed by atoms with Crippen molar-refractivity contribution in [2.75, 3.05) is 13.1 Å². The van der Waals surface area contributed by atoms with E-state index in [1.807, 2.05) is 17.8 Å². The quantitative estimate of drug-likeness (QED) is 0.789. The van der Waals surface area contributed by atoms with Gasteiger partial charge >= 0.3 is 0 Å². The second-order valence-electron chi connectivity index (χ2n) is 5.45. The Balaban J connectivity index is 0.00000156. The largest absolute Gasteiger partial charge is 0.348 e. The van der Waals surface area contributed by atoms with Crippen molar-refractivity contribution in [3.05, 3.63) is 35.2 Å². The number of aryl methyl sites for hydroxylation is 1. The van der Waals surface area contributed by atoms with Crippen molar-refractivity contribution in [1.29, 1.82) is 0 Å². The number of hydrogen-bond acceptors (Lipinski definition) is 5. The summed E-state index contributed by atoms with van der Waals surface area (Å²) >= 11 is 7.64. The molecule has 0 bridgehead atoms. The molecule has 0 radical (unpaired) electrons. The van der Waals surface area contributed by atoms with Gasteiger partial charge in [-0.25, -0.2) is 9.97 Å². The van der Waals surface area contributed by atoms with E-state index in [9.17, 15) is 4.79 Å². The summed E-state index contributed by atoms with van der Waals surface area (Å²) in [7, 11) is 1.91. The van der Waals surface area contributed by atoms with Gasteiger partial charge in [0, 0.05) is 38.2 Å². The van der Waals surface area contributed by atoms with Gasteiger partial charge in [-0.3, -0.25) is 4.79 Å². The number of aromatic nitrogens is 3. The van der Waals surface area contributed by atoms with E-state index in [4.69, 9.17) is 11.6 Å². The number of amides is 1. The minimum absolute atomic E-state index is 0. The molecule has 2 aromatic heterocycles. The molecule has 6 nitrogen and oxygen atoms in total. The summed E-state index contributed by atoms with van der Waals surface area (Å²) in [4.78, 5) is 20.8. The molecule has 0 spiro atoms. The van der Waals surface area contributed by atoms with Crippen LogP contribution in [0.3, 0.4) is 0 Å². The zero-order valence-corrected chi connectivity index (χ0v) is 16.8. The molecule has 1 saturated heterocycles. The molecule has 138 valence electrons. The van der Waals surface area contributed by atoms with Crippen molar-refractivity contribution in [2.45, 2.75) is 29.1 Å². The summed E-state index contributed by atoms with van der Waals surface area (Å²) in [6, 6.07) is 1.82. The van der Waals surface area contributed by atoms with Gasteiger partial charge in [0.05, 0.1) is 10.6 Å². The first-order valence-corrected chi connectivity index (χ1v) is 8.65. The lowest BCUT2D eigenvalue weighted by Gasteiger charge is -2.23. The average molecular weight is 425 g/mol. The highest BCUT2D eigenvalue weighted by Gasteiger charge is 2.18. The maximum Gasteiger partial charge on any atom is 0.253 e. The summed E-state index contributed by atoms with van der Waals surface area (Å²) in [5.74, 6) is -0.137. The molecule has 10 heteroatoms. The molecule has 0 aromatic carbocycles. The molecule has 1 atom stereocenters. The van der Waals surface area contributed by atoms with Gasteiger partial charge in [0.15, 0.2) is 5.16 Å². The molecule has 0 unspecified atom stereocenters. The van der Waals surface area contributed by atoms with Crippen LogP contribution in [0, 0.1) is 0 Å². The summed E-state index contributed by atoms with van der Waals surface area (Å²) < 4.78 is 1.89.